The van der Waals surface area contributed by atoms with Gasteiger partial charge in [-0.15, -0.1) is 0 Å². The third kappa shape index (κ3) is 2.81. The van der Waals surface area contributed by atoms with Crippen LogP contribution in [0.15, 0.2) is 60.7 Å². The molecule has 1 fully saturated rings. The van der Waals surface area contributed by atoms with Gasteiger partial charge in [-0.25, -0.2) is 0 Å². The molecule has 0 bridgehead atoms. The van der Waals surface area contributed by atoms with E-state index >= 15 is 0 Å². The first-order valence-electron chi connectivity index (χ1n) is 7.21. The summed E-state index contributed by atoms with van der Waals surface area (Å²) in [7, 11) is 0. The van der Waals surface area contributed by atoms with Crippen molar-refractivity contribution in [1.82, 2.24) is 4.90 Å². The molecule has 1 aliphatic heterocycles. The number of Topliss-reactive ketones (excluding diaryl/α,β-unsaturated/α-hetero) is 1. The SMILES string of the molecule is O=C(c1ccccc1)[C@@H](CN1CCC1)c1ccccc1. The van der Waals surface area contributed by atoms with Gasteiger partial charge in [-0.2, -0.15) is 0 Å². The standard InChI is InChI=1S/C18H19NO/c20-18(16-10-5-2-6-11-16)17(14-19-12-7-13-19)15-8-3-1-4-9-15/h1-6,8-11,17H,7,12-14H2/t17-/m0/s1. The Morgan fingerprint density at radius 1 is 0.950 bits per heavy atom. The molecule has 0 saturated carbocycles. The van der Waals surface area contributed by atoms with E-state index in [0.717, 1.165) is 30.8 Å². The number of carbonyl (C=O) groups excluding carboxylic acids is 1. The van der Waals surface area contributed by atoms with E-state index in [1.807, 2.05) is 48.5 Å². The summed E-state index contributed by atoms with van der Waals surface area (Å²) in [6.45, 7) is 3.06. The summed E-state index contributed by atoms with van der Waals surface area (Å²) in [6.07, 6.45) is 1.25. The van der Waals surface area contributed by atoms with Gasteiger partial charge in [0.1, 0.15) is 0 Å². The lowest BCUT2D eigenvalue weighted by Crippen LogP contribution is -2.41. The molecule has 2 heteroatoms. The van der Waals surface area contributed by atoms with Crippen LogP contribution in [0.1, 0.15) is 28.3 Å². The lowest BCUT2D eigenvalue weighted by molar-refractivity contribution is 0.0903. The van der Waals surface area contributed by atoms with Crippen LogP contribution in [0, 0.1) is 0 Å². The van der Waals surface area contributed by atoms with Crippen LogP contribution in [0.3, 0.4) is 0 Å². The van der Waals surface area contributed by atoms with Gasteiger partial charge in [0.25, 0.3) is 0 Å². The second-order valence-corrected chi connectivity index (χ2v) is 5.35. The van der Waals surface area contributed by atoms with Crippen LogP contribution in [0.2, 0.25) is 0 Å². The molecular formula is C18H19NO. The van der Waals surface area contributed by atoms with Crippen LogP contribution in [-0.2, 0) is 0 Å². The zero-order valence-electron chi connectivity index (χ0n) is 11.5. The second kappa shape index (κ2) is 6.02. The maximum absolute atomic E-state index is 12.8. The van der Waals surface area contributed by atoms with Crippen LogP contribution < -0.4 is 0 Å². The molecule has 2 nitrogen and oxygen atoms in total. The van der Waals surface area contributed by atoms with E-state index in [1.54, 1.807) is 0 Å². The number of likely N-dealkylation sites (tertiary alicyclic amines) is 1. The Morgan fingerprint density at radius 2 is 1.55 bits per heavy atom. The third-order valence-electron chi connectivity index (χ3n) is 3.97. The quantitative estimate of drug-likeness (QED) is 0.773. The number of carbonyl (C=O) groups is 1. The van der Waals surface area contributed by atoms with E-state index in [2.05, 4.69) is 17.0 Å². The lowest BCUT2D eigenvalue weighted by atomic mass is 9.89. The molecule has 1 saturated heterocycles. The summed E-state index contributed by atoms with van der Waals surface area (Å²) >= 11 is 0. The summed E-state index contributed by atoms with van der Waals surface area (Å²) in [4.78, 5) is 15.2. The molecule has 1 heterocycles. The minimum atomic E-state index is -0.0566. The average Bonchev–Trinajstić information content (AvgIpc) is 2.47. The molecule has 2 aromatic rings. The largest absolute Gasteiger partial charge is 0.302 e. The van der Waals surface area contributed by atoms with Gasteiger partial charge in [-0.3, -0.25) is 4.79 Å². The number of hydrogen-bond acceptors (Lipinski definition) is 2. The predicted molar refractivity (Wildman–Crippen MR) is 81.0 cm³/mol. The maximum Gasteiger partial charge on any atom is 0.171 e. The van der Waals surface area contributed by atoms with E-state index in [-0.39, 0.29) is 11.7 Å². The Morgan fingerprint density at radius 3 is 2.10 bits per heavy atom. The highest BCUT2D eigenvalue weighted by atomic mass is 16.1. The van der Waals surface area contributed by atoms with E-state index in [4.69, 9.17) is 0 Å². The third-order valence-corrected chi connectivity index (χ3v) is 3.97. The fourth-order valence-corrected chi connectivity index (χ4v) is 2.65. The topological polar surface area (TPSA) is 20.3 Å². The highest BCUT2D eigenvalue weighted by molar-refractivity contribution is 6.01. The number of hydrogen-bond donors (Lipinski definition) is 0. The minimum Gasteiger partial charge on any atom is -0.302 e. The Balaban J connectivity index is 1.86. The summed E-state index contributed by atoms with van der Waals surface area (Å²) in [5, 5.41) is 0. The van der Waals surface area contributed by atoms with Crippen LogP contribution >= 0.6 is 0 Å². The van der Waals surface area contributed by atoms with Crippen LogP contribution in [0.5, 0.6) is 0 Å². The molecule has 3 rings (SSSR count). The fraction of sp³-hybridized carbons (Fsp3) is 0.278. The maximum atomic E-state index is 12.8. The van der Waals surface area contributed by atoms with Crippen molar-refractivity contribution in [2.45, 2.75) is 12.3 Å². The lowest BCUT2D eigenvalue weighted by Gasteiger charge is -2.33. The van der Waals surface area contributed by atoms with E-state index in [1.165, 1.54) is 6.42 Å². The Bertz CT molecular complexity index is 560. The highest BCUT2D eigenvalue weighted by Crippen LogP contribution is 2.24. The molecule has 2 aromatic carbocycles. The van der Waals surface area contributed by atoms with Gasteiger partial charge in [0.15, 0.2) is 5.78 Å². The fourth-order valence-electron chi connectivity index (χ4n) is 2.65. The Hall–Kier alpha value is -1.93. The van der Waals surface area contributed by atoms with Gasteiger partial charge in [-0.05, 0) is 25.1 Å². The number of nitrogens with zero attached hydrogens (tertiary/aromatic N) is 1. The number of ketones is 1. The van der Waals surface area contributed by atoms with Gasteiger partial charge in [0.05, 0.1) is 5.92 Å². The van der Waals surface area contributed by atoms with Crippen LogP contribution in [0.25, 0.3) is 0 Å². The summed E-state index contributed by atoms with van der Waals surface area (Å²) < 4.78 is 0. The van der Waals surface area contributed by atoms with Gasteiger partial charge in [0.2, 0.25) is 0 Å². The highest BCUT2D eigenvalue weighted by Gasteiger charge is 2.26. The van der Waals surface area contributed by atoms with Gasteiger partial charge >= 0.3 is 0 Å². The first-order valence-corrected chi connectivity index (χ1v) is 7.21. The molecule has 0 aliphatic carbocycles. The molecule has 0 unspecified atom stereocenters. The number of benzene rings is 2. The van der Waals surface area contributed by atoms with E-state index in [9.17, 15) is 4.79 Å². The molecule has 0 N–H and O–H groups in total. The molecule has 1 atom stereocenters. The monoisotopic (exact) mass is 265 g/mol. The predicted octanol–water partition coefficient (Wildman–Crippen LogP) is 3.36. The van der Waals surface area contributed by atoms with Crippen molar-refractivity contribution < 1.29 is 4.79 Å². The van der Waals surface area contributed by atoms with Crippen molar-refractivity contribution in [3.8, 4) is 0 Å². The molecule has 0 spiro atoms. The molecule has 102 valence electrons. The van der Waals surface area contributed by atoms with E-state index < -0.39 is 0 Å². The van der Waals surface area contributed by atoms with Gasteiger partial charge < -0.3 is 4.90 Å². The molecular weight excluding hydrogens is 246 g/mol. The summed E-state index contributed by atoms with van der Waals surface area (Å²) in [6, 6.07) is 19.8. The Labute approximate surface area is 120 Å². The molecule has 0 aromatic heterocycles. The van der Waals surface area contributed by atoms with E-state index in [0.29, 0.717) is 0 Å². The van der Waals surface area contributed by atoms with Crippen LogP contribution in [-0.4, -0.2) is 30.3 Å². The molecule has 0 amide bonds. The van der Waals surface area contributed by atoms with Crippen molar-refractivity contribution in [1.29, 1.82) is 0 Å². The first-order chi connectivity index (χ1) is 9.84. The normalized spacial score (nSPS) is 16.4. The summed E-state index contributed by atoms with van der Waals surface area (Å²) in [5.74, 6) is 0.169. The molecule has 1 aliphatic rings. The van der Waals surface area contributed by atoms with Crippen molar-refractivity contribution in [2.24, 2.45) is 0 Å². The zero-order valence-corrected chi connectivity index (χ0v) is 11.5. The first kappa shape index (κ1) is 13.1. The van der Waals surface area contributed by atoms with Crippen molar-refractivity contribution in [2.75, 3.05) is 19.6 Å². The smallest absolute Gasteiger partial charge is 0.171 e. The Kier molecular flexibility index (Phi) is 3.93. The van der Waals surface area contributed by atoms with Gasteiger partial charge in [-0.1, -0.05) is 60.7 Å². The van der Waals surface area contributed by atoms with Crippen molar-refractivity contribution in [3.05, 3.63) is 71.8 Å². The van der Waals surface area contributed by atoms with Crippen molar-refractivity contribution in [3.63, 3.8) is 0 Å². The molecule has 20 heavy (non-hydrogen) atoms. The van der Waals surface area contributed by atoms with Gasteiger partial charge in [0, 0.05) is 12.1 Å². The second-order valence-electron chi connectivity index (χ2n) is 5.35. The summed E-state index contributed by atoms with van der Waals surface area (Å²) in [5.41, 5.74) is 1.93. The molecule has 0 radical (unpaired) electrons. The number of rotatable bonds is 5. The van der Waals surface area contributed by atoms with Crippen LogP contribution in [0.4, 0.5) is 0 Å². The average molecular weight is 265 g/mol. The minimum absolute atomic E-state index is 0.0566. The zero-order chi connectivity index (χ0) is 13.8. The van der Waals surface area contributed by atoms with Crippen molar-refractivity contribution >= 4 is 5.78 Å².